The van der Waals surface area contributed by atoms with Crippen LogP contribution in [0, 0.1) is 0 Å². The van der Waals surface area contributed by atoms with Crippen LogP contribution in [0.2, 0.25) is 5.02 Å². The van der Waals surface area contributed by atoms with Crippen LogP contribution in [-0.4, -0.2) is 17.1 Å². The SMILES string of the molecule is O=C1CCC(O)=C1C=NCc1ccccc1Cl. The zero-order valence-corrected chi connectivity index (χ0v) is 9.94. The maximum absolute atomic E-state index is 11.4. The van der Waals surface area contributed by atoms with E-state index in [2.05, 4.69) is 4.99 Å². The molecule has 1 aliphatic carbocycles. The average Bonchev–Trinajstić information content (AvgIpc) is 2.63. The summed E-state index contributed by atoms with van der Waals surface area (Å²) in [5, 5.41) is 10.1. The second-order valence-corrected chi connectivity index (χ2v) is 4.25. The Morgan fingerprint density at radius 2 is 2.12 bits per heavy atom. The Hall–Kier alpha value is -1.61. The molecular weight excluding hydrogens is 238 g/mol. The number of Topliss-reactive ketones (excluding diaryl/α,β-unsaturated/α-hetero) is 1. The van der Waals surface area contributed by atoms with E-state index in [0.717, 1.165) is 5.56 Å². The van der Waals surface area contributed by atoms with Crippen LogP contribution in [0.1, 0.15) is 18.4 Å². The zero-order valence-electron chi connectivity index (χ0n) is 9.19. The van der Waals surface area contributed by atoms with E-state index in [1.54, 1.807) is 6.07 Å². The lowest BCUT2D eigenvalue weighted by molar-refractivity contribution is -0.114. The molecular formula is C13H12ClNO2. The highest BCUT2D eigenvalue weighted by molar-refractivity contribution is 6.31. The molecule has 1 aromatic rings. The number of ketones is 1. The molecule has 0 heterocycles. The Morgan fingerprint density at radius 1 is 1.35 bits per heavy atom. The molecule has 1 aliphatic rings. The fraction of sp³-hybridized carbons (Fsp3) is 0.231. The summed E-state index contributed by atoms with van der Waals surface area (Å²) in [5.74, 6) is 0.0864. The molecule has 4 heteroatoms. The summed E-state index contributed by atoms with van der Waals surface area (Å²) < 4.78 is 0. The standard InChI is InChI=1S/C13H12ClNO2/c14-11-4-2-1-3-9(11)7-15-8-10-12(16)5-6-13(10)17/h1-4,8,16H,5-7H2. The van der Waals surface area contributed by atoms with Crippen molar-refractivity contribution in [3.8, 4) is 0 Å². The van der Waals surface area contributed by atoms with E-state index >= 15 is 0 Å². The first kappa shape index (κ1) is 11.9. The number of aliphatic hydroxyl groups excluding tert-OH is 1. The van der Waals surface area contributed by atoms with E-state index in [1.807, 2.05) is 18.2 Å². The van der Waals surface area contributed by atoms with Crippen LogP contribution in [0.5, 0.6) is 0 Å². The van der Waals surface area contributed by atoms with Crippen molar-refractivity contribution in [1.29, 1.82) is 0 Å². The van der Waals surface area contributed by atoms with Crippen molar-refractivity contribution in [3.05, 3.63) is 46.2 Å². The van der Waals surface area contributed by atoms with Gasteiger partial charge >= 0.3 is 0 Å². The second-order valence-electron chi connectivity index (χ2n) is 3.84. The van der Waals surface area contributed by atoms with Crippen LogP contribution in [0.15, 0.2) is 40.6 Å². The number of aliphatic imine (C=N–C) groups is 1. The second kappa shape index (κ2) is 5.15. The van der Waals surface area contributed by atoms with Crippen LogP contribution >= 0.6 is 11.6 Å². The van der Waals surface area contributed by atoms with E-state index in [-0.39, 0.29) is 11.5 Å². The smallest absolute Gasteiger partial charge is 0.168 e. The summed E-state index contributed by atoms with van der Waals surface area (Å²) in [6.45, 7) is 0.406. The minimum Gasteiger partial charge on any atom is -0.511 e. The fourth-order valence-corrected chi connectivity index (χ4v) is 1.87. The molecule has 88 valence electrons. The molecule has 0 saturated heterocycles. The molecule has 0 atom stereocenters. The number of hydrogen-bond donors (Lipinski definition) is 1. The number of rotatable bonds is 3. The number of allylic oxidation sites excluding steroid dienone is 2. The third-order valence-electron chi connectivity index (χ3n) is 2.64. The van der Waals surface area contributed by atoms with Crippen molar-refractivity contribution < 1.29 is 9.90 Å². The van der Waals surface area contributed by atoms with Crippen LogP contribution < -0.4 is 0 Å². The van der Waals surface area contributed by atoms with Crippen molar-refractivity contribution in [2.45, 2.75) is 19.4 Å². The highest BCUT2D eigenvalue weighted by Gasteiger charge is 2.20. The lowest BCUT2D eigenvalue weighted by Crippen LogP contribution is -1.98. The number of carbonyl (C=O) groups excluding carboxylic acids is 1. The Balaban J connectivity index is 2.06. The lowest BCUT2D eigenvalue weighted by atomic mass is 10.2. The molecule has 0 saturated carbocycles. The first-order valence-electron chi connectivity index (χ1n) is 5.37. The molecule has 0 spiro atoms. The predicted molar refractivity (Wildman–Crippen MR) is 67.5 cm³/mol. The van der Waals surface area contributed by atoms with Crippen LogP contribution in [0.3, 0.4) is 0 Å². The topological polar surface area (TPSA) is 49.7 Å². The van der Waals surface area contributed by atoms with Gasteiger partial charge < -0.3 is 5.11 Å². The highest BCUT2D eigenvalue weighted by atomic mass is 35.5. The molecule has 0 radical (unpaired) electrons. The fourth-order valence-electron chi connectivity index (χ4n) is 1.67. The van der Waals surface area contributed by atoms with Crippen LogP contribution in [0.25, 0.3) is 0 Å². The lowest BCUT2D eigenvalue weighted by Gasteiger charge is -1.99. The van der Waals surface area contributed by atoms with Gasteiger partial charge in [0.1, 0.15) is 5.76 Å². The number of nitrogens with zero attached hydrogens (tertiary/aromatic N) is 1. The number of benzene rings is 1. The van der Waals surface area contributed by atoms with Crippen molar-refractivity contribution in [2.24, 2.45) is 4.99 Å². The molecule has 0 aromatic heterocycles. The molecule has 1 N–H and O–H groups in total. The highest BCUT2D eigenvalue weighted by Crippen LogP contribution is 2.19. The third kappa shape index (κ3) is 2.74. The molecule has 0 fully saturated rings. The number of carbonyl (C=O) groups is 1. The van der Waals surface area contributed by atoms with E-state index in [4.69, 9.17) is 11.6 Å². The minimum atomic E-state index is -0.0505. The quantitative estimate of drug-likeness (QED) is 0.837. The Morgan fingerprint density at radius 3 is 2.76 bits per heavy atom. The van der Waals surface area contributed by atoms with Crippen molar-refractivity contribution >= 4 is 23.6 Å². The predicted octanol–water partition coefficient (Wildman–Crippen LogP) is 3.09. The third-order valence-corrected chi connectivity index (χ3v) is 3.01. The normalized spacial score (nSPS) is 16.2. The first-order chi connectivity index (χ1) is 8.18. The van der Waals surface area contributed by atoms with E-state index in [1.165, 1.54) is 6.21 Å². The summed E-state index contributed by atoms with van der Waals surface area (Å²) in [5.41, 5.74) is 1.23. The van der Waals surface area contributed by atoms with Gasteiger partial charge in [-0.1, -0.05) is 29.8 Å². The van der Waals surface area contributed by atoms with Gasteiger partial charge in [-0.15, -0.1) is 0 Å². The summed E-state index contributed by atoms with van der Waals surface area (Å²) in [4.78, 5) is 15.5. The van der Waals surface area contributed by atoms with Crippen molar-refractivity contribution in [3.63, 3.8) is 0 Å². The van der Waals surface area contributed by atoms with Crippen LogP contribution in [-0.2, 0) is 11.3 Å². The summed E-state index contributed by atoms with van der Waals surface area (Å²) >= 11 is 5.97. The summed E-state index contributed by atoms with van der Waals surface area (Å²) in [6.07, 6.45) is 2.24. The molecule has 0 aliphatic heterocycles. The Bertz CT molecular complexity index is 506. The average molecular weight is 250 g/mol. The zero-order chi connectivity index (χ0) is 12.3. The monoisotopic (exact) mass is 249 g/mol. The van der Waals surface area contributed by atoms with Gasteiger partial charge in [0.15, 0.2) is 5.78 Å². The molecule has 3 nitrogen and oxygen atoms in total. The Labute approximate surface area is 104 Å². The van der Waals surface area contributed by atoms with Gasteiger partial charge in [-0.2, -0.15) is 0 Å². The van der Waals surface area contributed by atoms with Gasteiger partial charge in [-0.25, -0.2) is 0 Å². The molecule has 0 bridgehead atoms. The van der Waals surface area contributed by atoms with E-state index in [9.17, 15) is 9.90 Å². The molecule has 17 heavy (non-hydrogen) atoms. The largest absolute Gasteiger partial charge is 0.511 e. The summed E-state index contributed by atoms with van der Waals surface area (Å²) in [7, 11) is 0. The maximum atomic E-state index is 11.4. The Kier molecular flexibility index (Phi) is 3.59. The van der Waals surface area contributed by atoms with E-state index in [0.29, 0.717) is 30.0 Å². The number of halogens is 1. The molecule has 2 rings (SSSR count). The van der Waals surface area contributed by atoms with Gasteiger partial charge in [0.2, 0.25) is 0 Å². The van der Waals surface area contributed by atoms with Crippen LogP contribution in [0.4, 0.5) is 0 Å². The maximum Gasteiger partial charge on any atom is 0.168 e. The minimum absolute atomic E-state index is 0.0505. The van der Waals surface area contributed by atoms with E-state index < -0.39 is 0 Å². The van der Waals surface area contributed by atoms with Gasteiger partial charge in [-0.3, -0.25) is 9.79 Å². The van der Waals surface area contributed by atoms with Gasteiger partial charge in [-0.05, 0) is 11.6 Å². The van der Waals surface area contributed by atoms with Gasteiger partial charge in [0.25, 0.3) is 0 Å². The van der Waals surface area contributed by atoms with Gasteiger partial charge in [0, 0.05) is 24.1 Å². The molecule has 0 unspecified atom stereocenters. The number of aliphatic hydroxyl groups is 1. The van der Waals surface area contributed by atoms with Crippen molar-refractivity contribution in [2.75, 3.05) is 0 Å². The van der Waals surface area contributed by atoms with Gasteiger partial charge in [0.05, 0.1) is 12.1 Å². The first-order valence-corrected chi connectivity index (χ1v) is 5.75. The van der Waals surface area contributed by atoms with Crippen molar-refractivity contribution in [1.82, 2.24) is 0 Å². The number of hydrogen-bond acceptors (Lipinski definition) is 3. The molecule has 1 aromatic carbocycles. The summed E-state index contributed by atoms with van der Waals surface area (Å²) in [6, 6.07) is 7.41. The molecule has 0 amide bonds.